The van der Waals surface area contributed by atoms with Crippen LogP contribution in [-0.2, 0) is 19.1 Å². The molecule has 8 heteroatoms. The highest BCUT2D eigenvalue weighted by molar-refractivity contribution is 5.83. The fourth-order valence-electron chi connectivity index (χ4n) is 12.7. The molecule has 4 saturated carbocycles. The van der Waals surface area contributed by atoms with Gasteiger partial charge in [0.2, 0.25) is 0 Å². The first-order valence-electron chi connectivity index (χ1n) is 20.6. The zero-order valence-electron chi connectivity index (χ0n) is 34.9. The van der Waals surface area contributed by atoms with Crippen molar-refractivity contribution in [3.8, 4) is 0 Å². The molecule has 4 fully saturated rings. The van der Waals surface area contributed by atoms with Crippen LogP contribution in [0.3, 0.4) is 0 Å². The zero-order valence-corrected chi connectivity index (χ0v) is 34.9. The lowest BCUT2D eigenvalue weighted by molar-refractivity contribution is -0.293. The number of carbonyl (C=O) groups excluding carboxylic acids is 2. The second-order valence-electron chi connectivity index (χ2n) is 20.3. The summed E-state index contributed by atoms with van der Waals surface area (Å²) < 4.78 is 12.7. The number of allylic oxidation sites excluding steroid dienone is 4. The molecular formula is C45H72O8. The summed E-state index contributed by atoms with van der Waals surface area (Å²) in [5, 5.41) is 48.2. The topological polar surface area (TPSA) is 134 Å². The Kier molecular flexibility index (Phi) is 11.5. The van der Waals surface area contributed by atoms with Gasteiger partial charge in [0.15, 0.2) is 6.10 Å². The van der Waals surface area contributed by atoms with Gasteiger partial charge in [-0.15, -0.1) is 0 Å². The monoisotopic (exact) mass is 741 g/mol. The third-order valence-corrected chi connectivity index (χ3v) is 16.4. The maximum Gasteiger partial charge on any atom is 0.331 e. The highest BCUT2D eigenvalue weighted by Crippen LogP contribution is 2.76. The van der Waals surface area contributed by atoms with Crippen LogP contribution in [0.2, 0.25) is 0 Å². The van der Waals surface area contributed by atoms with E-state index in [1.807, 2.05) is 41.5 Å². The van der Waals surface area contributed by atoms with Crippen molar-refractivity contribution in [2.24, 2.45) is 56.2 Å². The van der Waals surface area contributed by atoms with Gasteiger partial charge in [-0.3, -0.25) is 4.79 Å². The molecular weight excluding hydrogens is 668 g/mol. The van der Waals surface area contributed by atoms with Crippen molar-refractivity contribution < 1.29 is 39.5 Å². The van der Waals surface area contributed by atoms with E-state index in [2.05, 4.69) is 46.8 Å². The van der Waals surface area contributed by atoms with Gasteiger partial charge in [-0.05, 0) is 113 Å². The Labute approximate surface area is 319 Å². The molecule has 5 rings (SSSR count). The van der Waals surface area contributed by atoms with Gasteiger partial charge >= 0.3 is 11.9 Å². The second kappa shape index (κ2) is 14.5. The molecule has 0 amide bonds. The number of fused-ring (bicyclic) bond motifs is 7. The Morgan fingerprint density at radius 3 is 2.19 bits per heavy atom. The Morgan fingerprint density at radius 1 is 0.925 bits per heavy atom. The highest BCUT2D eigenvalue weighted by Gasteiger charge is 2.76. The number of aliphatic hydroxyl groups excluding tert-OH is 4. The molecule has 0 heterocycles. The first-order valence-corrected chi connectivity index (χ1v) is 20.6. The minimum Gasteiger partial charge on any atom is -0.457 e. The van der Waals surface area contributed by atoms with Gasteiger partial charge in [-0.25, -0.2) is 4.79 Å². The maximum absolute atomic E-state index is 13.7. The van der Waals surface area contributed by atoms with Gasteiger partial charge in [0.05, 0.1) is 36.3 Å². The van der Waals surface area contributed by atoms with E-state index >= 15 is 0 Å². The van der Waals surface area contributed by atoms with E-state index in [4.69, 9.17) is 9.47 Å². The Hall–Kier alpha value is -2.00. The van der Waals surface area contributed by atoms with Crippen LogP contribution in [0.4, 0.5) is 0 Å². The van der Waals surface area contributed by atoms with Crippen molar-refractivity contribution in [1.82, 2.24) is 0 Å². The van der Waals surface area contributed by atoms with Crippen molar-refractivity contribution in [1.29, 1.82) is 0 Å². The van der Waals surface area contributed by atoms with E-state index in [-0.39, 0.29) is 22.9 Å². The summed E-state index contributed by atoms with van der Waals surface area (Å²) in [4.78, 5) is 27.4. The van der Waals surface area contributed by atoms with Crippen LogP contribution in [0.5, 0.6) is 0 Å². The summed E-state index contributed by atoms with van der Waals surface area (Å²) in [6.45, 7) is 24.4. The van der Waals surface area contributed by atoms with Gasteiger partial charge in [-0.2, -0.15) is 0 Å². The molecule has 13 atom stereocenters. The number of hydrogen-bond donors (Lipinski definition) is 4. The lowest BCUT2D eigenvalue weighted by Crippen LogP contribution is -2.76. The van der Waals surface area contributed by atoms with Crippen molar-refractivity contribution in [2.75, 3.05) is 6.61 Å². The molecule has 0 saturated heterocycles. The third-order valence-electron chi connectivity index (χ3n) is 16.4. The minimum atomic E-state index is -1.52. The summed E-state index contributed by atoms with van der Waals surface area (Å²) >= 11 is 0. The Morgan fingerprint density at radius 2 is 1.58 bits per heavy atom. The van der Waals surface area contributed by atoms with Gasteiger partial charge < -0.3 is 29.9 Å². The summed E-state index contributed by atoms with van der Waals surface area (Å²) in [7, 11) is 0. The average molecular weight is 741 g/mol. The number of ether oxygens (including phenoxy) is 2. The molecule has 0 aromatic rings. The van der Waals surface area contributed by atoms with Crippen molar-refractivity contribution in [3.05, 3.63) is 34.9 Å². The van der Waals surface area contributed by atoms with E-state index < -0.39 is 76.5 Å². The van der Waals surface area contributed by atoms with E-state index in [1.165, 1.54) is 11.6 Å². The Balaban J connectivity index is 1.61. The van der Waals surface area contributed by atoms with E-state index in [0.717, 1.165) is 49.7 Å². The van der Waals surface area contributed by atoms with Gasteiger partial charge in [-0.1, -0.05) is 91.2 Å². The van der Waals surface area contributed by atoms with Crippen LogP contribution in [-0.4, -0.2) is 69.5 Å². The van der Waals surface area contributed by atoms with E-state index in [9.17, 15) is 30.0 Å². The molecule has 0 aromatic heterocycles. The summed E-state index contributed by atoms with van der Waals surface area (Å²) in [5.74, 6) is -1.43. The quantitative estimate of drug-likeness (QED) is 0.107. The largest absolute Gasteiger partial charge is 0.457 e. The molecule has 0 aromatic carbocycles. The predicted octanol–water partition coefficient (Wildman–Crippen LogP) is 7.87. The predicted molar refractivity (Wildman–Crippen MR) is 207 cm³/mol. The standard InChI is InChI=1S/C45H72O8/c1-13-28(5)39(51)53-38-37(52-34(48)23-27(4)16-14-15-26(2)3)40(6,7)24-30-29-17-18-32-42(10)21-20-33(47)41(8,9)31(42)19-22-43(32,11)44(29,12)35(49)36(50)45(30,38)25-46/h15,17,23,28,30-33,35-38,46-47,49-50H,13-14,16,18-22,24-25H2,1-12H3/b27-23-/t28?,30-,31-,32+,33-,35-,36+,37-,38-,42-,43+,44-,45-/m0/s1. The number of aliphatic hydroxyl groups is 4. The van der Waals surface area contributed by atoms with Gasteiger partial charge in [0.1, 0.15) is 6.10 Å². The fraction of sp³-hybridized carbons (Fsp3) is 0.822. The van der Waals surface area contributed by atoms with Crippen molar-refractivity contribution in [2.45, 2.75) is 171 Å². The van der Waals surface area contributed by atoms with E-state index in [1.54, 1.807) is 6.92 Å². The molecule has 8 nitrogen and oxygen atoms in total. The Bertz CT molecular complexity index is 1500. The number of rotatable bonds is 9. The zero-order chi connectivity index (χ0) is 39.7. The summed E-state index contributed by atoms with van der Waals surface area (Å²) in [6, 6.07) is 0. The molecule has 0 bridgehead atoms. The van der Waals surface area contributed by atoms with Gasteiger partial charge in [0, 0.05) is 16.9 Å². The van der Waals surface area contributed by atoms with Crippen molar-refractivity contribution in [3.63, 3.8) is 0 Å². The molecule has 53 heavy (non-hydrogen) atoms. The number of hydrogen-bond acceptors (Lipinski definition) is 8. The van der Waals surface area contributed by atoms with Crippen LogP contribution in [0, 0.1) is 56.2 Å². The maximum atomic E-state index is 13.7. The second-order valence-corrected chi connectivity index (χ2v) is 20.3. The summed E-state index contributed by atoms with van der Waals surface area (Å²) in [6.07, 6.45) is 7.25. The minimum absolute atomic E-state index is 0.0756. The fourth-order valence-corrected chi connectivity index (χ4v) is 12.7. The van der Waals surface area contributed by atoms with Gasteiger partial charge in [0.25, 0.3) is 0 Å². The van der Waals surface area contributed by atoms with E-state index in [0.29, 0.717) is 25.2 Å². The van der Waals surface area contributed by atoms with Crippen LogP contribution in [0.1, 0.15) is 141 Å². The molecule has 300 valence electrons. The summed E-state index contributed by atoms with van der Waals surface area (Å²) in [5.41, 5.74) is -0.707. The first-order chi connectivity index (χ1) is 24.5. The normalized spacial score (nSPS) is 43.5. The first kappa shape index (κ1) is 42.1. The smallest absolute Gasteiger partial charge is 0.331 e. The van der Waals surface area contributed by atoms with Crippen LogP contribution in [0.25, 0.3) is 0 Å². The lowest BCUT2D eigenvalue weighted by Gasteiger charge is -2.73. The average Bonchev–Trinajstić information content (AvgIpc) is 3.07. The molecule has 0 aliphatic heterocycles. The highest BCUT2D eigenvalue weighted by atomic mass is 16.6. The SMILES string of the molecule is CCC(C)C(=O)O[C@H]1[C@H](OC(=O)/C=C(/C)CCC=C(C)C)C(C)(C)C[C@H]2C3=CC[C@@H]4[C@@]5(C)CC[C@H](O)C(C)(C)[C@@H]5CC[C@@]4(C)[C@]3(C)[C@@H](O)[C@@H](O)[C@]21CO. The number of carbonyl (C=O) groups is 2. The molecule has 4 N–H and O–H groups in total. The molecule has 5 aliphatic carbocycles. The third kappa shape index (κ3) is 6.42. The van der Waals surface area contributed by atoms with Crippen LogP contribution >= 0.6 is 0 Å². The van der Waals surface area contributed by atoms with Crippen molar-refractivity contribution >= 4 is 11.9 Å². The molecule has 0 spiro atoms. The van der Waals surface area contributed by atoms with Crippen LogP contribution in [0.15, 0.2) is 34.9 Å². The molecule has 1 unspecified atom stereocenters. The number of esters is 2. The molecule has 0 radical (unpaired) electrons. The lowest BCUT2D eigenvalue weighted by atomic mass is 9.32. The molecule has 5 aliphatic rings. The van der Waals surface area contributed by atoms with Crippen LogP contribution < -0.4 is 0 Å².